The first-order valence-corrected chi connectivity index (χ1v) is 7.45. The summed E-state index contributed by atoms with van der Waals surface area (Å²) in [4.78, 5) is 11.6. The van der Waals surface area contributed by atoms with Gasteiger partial charge in [0.25, 0.3) is 0 Å². The van der Waals surface area contributed by atoms with E-state index in [0.717, 1.165) is 36.3 Å². The molecule has 1 amide bonds. The molecule has 21 heavy (non-hydrogen) atoms. The average Bonchev–Trinajstić information content (AvgIpc) is 2.47. The minimum absolute atomic E-state index is 0.0175. The predicted octanol–water partition coefficient (Wildman–Crippen LogP) is 0.911. The van der Waals surface area contributed by atoms with E-state index in [0.29, 0.717) is 6.54 Å². The van der Waals surface area contributed by atoms with Crippen molar-refractivity contribution in [1.82, 2.24) is 10.6 Å². The van der Waals surface area contributed by atoms with E-state index >= 15 is 0 Å². The maximum absolute atomic E-state index is 11.6. The van der Waals surface area contributed by atoms with E-state index in [1.807, 2.05) is 32.0 Å². The summed E-state index contributed by atoms with van der Waals surface area (Å²) in [6.45, 7) is 5.29. The van der Waals surface area contributed by atoms with Gasteiger partial charge in [-0.25, -0.2) is 0 Å². The number of nitrogens with one attached hydrogen (secondary N) is 2. The van der Waals surface area contributed by atoms with Crippen LogP contribution in [-0.4, -0.2) is 42.9 Å². The number of ether oxygens (including phenoxy) is 1. The van der Waals surface area contributed by atoms with Crippen molar-refractivity contribution in [3.63, 3.8) is 0 Å². The fraction of sp³-hybridized carbons (Fsp3) is 0.562. The molecular weight excluding hydrogens is 268 g/mol. The number of benzene rings is 1. The fourth-order valence-corrected chi connectivity index (χ4v) is 2.35. The second-order valence-electron chi connectivity index (χ2n) is 5.63. The van der Waals surface area contributed by atoms with E-state index in [2.05, 4.69) is 10.6 Å². The number of piperidine rings is 1. The molecule has 5 nitrogen and oxygen atoms in total. The minimum atomic E-state index is -0.639. The molecule has 1 aliphatic rings. The molecule has 116 valence electrons. The Balaban J connectivity index is 1.75. The first-order chi connectivity index (χ1) is 10.1. The quantitative estimate of drug-likeness (QED) is 0.729. The molecule has 1 saturated heterocycles. The third kappa shape index (κ3) is 4.72. The van der Waals surface area contributed by atoms with Gasteiger partial charge in [0.1, 0.15) is 18.5 Å². The predicted molar refractivity (Wildman–Crippen MR) is 81.5 cm³/mol. The first kappa shape index (κ1) is 15.8. The molecule has 2 atom stereocenters. The van der Waals surface area contributed by atoms with Gasteiger partial charge in [-0.05, 0) is 43.9 Å². The zero-order valence-electron chi connectivity index (χ0n) is 12.7. The molecule has 1 aromatic carbocycles. The Labute approximate surface area is 125 Å². The number of hydrogen-bond donors (Lipinski definition) is 3. The molecule has 0 bridgehead atoms. The molecule has 1 aromatic rings. The minimum Gasteiger partial charge on any atom is -0.491 e. The summed E-state index contributed by atoms with van der Waals surface area (Å²) in [6, 6.07) is 5.79. The van der Waals surface area contributed by atoms with Crippen LogP contribution in [0.1, 0.15) is 24.0 Å². The van der Waals surface area contributed by atoms with E-state index in [1.54, 1.807) is 0 Å². The summed E-state index contributed by atoms with van der Waals surface area (Å²) in [5.41, 5.74) is 2.18. The van der Waals surface area contributed by atoms with Crippen molar-refractivity contribution in [2.45, 2.75) is 38.8 Å². The molecule has 0 saturated carbocycles. The highest BCUT2D eigenvalue weighted by molar-refractivity contribution is 5.82. The third-order valence-electron chi connectivity index (χ3n) is 3.66. The molecule has 0 aliphatic carbocycles. The standard InChI is InChI=1S/C16H24N2O3/c1-11-5-6-12(2)15(8-11)21-10-13(19)9-18-14-4-3-7-17-16(14)20/h5-6,8,13-14,18-19H,3-4,7,9-10H2,1-2H3,(H,17,20). The van der Waals surface area contributed by atoms with Crippen molar-refractivity contribution in [3.05, 3.63) is 29.3 Å². The molecule has 0 radical (unpaired) electrons. The molecule has 0 aromatic heterocycles. The lowest BCUT2D eigenvalue weighted by Gasteiger charge is -2.24. The van der Waals surface area contributed by atoms with Crippen molar-refractivity contribution in [3.8, 4) is 5.75 Å². The number of hydrogen-bond acceptors (Lipinski definition) is 4. The molecule has 3 N–H and O–H groups in total. The van der Waals surface area contributed by atoms with Crippen LogP contribution >= 0.6 is 0 Å². The van der Waals surface area contributed by atoms with Gasteiger partial charge in [0.2, 0.25) is 5.91 Å². The smallest absolute Gasteiger partial charge is 0.237 e. The molecular formula is C16H24N2O3. The third-order valence-corrected chi connectivity index (χ3v) is 3.66. The van der Waals surface area contributed by atoms with Gasteiger partial charge in [-0.1, -0.05) is 12.1 Å². The Morgan fingerprint density at radius 1 is 1.48 bits per heavy atom. The highest BCUT2D eigenvalue weighted by Crippen LogP contribution is 2.19. The summed E-state index contributed by atoms with van der Waals surface area (Å²) in [5, 5.41) is 15.9. The van der Waals surface area contributed by atoms with Gasteiger partial charge < -0.3 is 20.5 Å². The number of aliphatic hydroxyl groups is 1. The molecule has 1 fully saturated rings. The number of aryl methyl sites for hydroxylation is 2. The monoisotopic (exact) mass is 292 g/mol. The van der Waals surface area contributed by atoms with Crippen LogP contribution in [0.3, 0.4) is 0 Å². The van der Waals surface area contributed by atoms with Crippen LogP contribution in [0.5, 0.6) is 5.75 Å². The van der Waals surface area contributed by atoms with Gasteiger partial charge in [0.15, 0.2) is 0 Å². The summed E-state index contributed by atoms with van der Waals surface area (Å²) in [7, 11) is 0. The van der Waals surface area contributed by atoms with Gasteiger partial charge in [-0.2, -0.15) is 0 Å². The van der Waals surface area contributed by atoms with Crippen molar-refractivity contribution in [2.24, 2.45) is 0 Å². The summed E-state index contributed by atoms with van der Waals surface area (Å²) < 4.78 is 5.66. The van der Waals surface area contributed by atoms with Crippen LogP contribution in [0, 0.1) is 13.8 Å². The van der Waals surface area contributed by atoms with E-state index < -0.39 is 6.10 Å². The molecule has 1 aliphatic heterocycles. The number of amides is 1. The maximum atomic E-state index is 11.6. The number of carbonyl (C=O) groups is 1. The lowest BCUT2D eigenvalue weighted by atomic mass is 10.1. The summed E-state index contributed by atoms with van der Waals surface area (Å²) in [5.74, 6) is 0.813. The fourth-order valence-electron chi connectivity index (χ4n) is 2.35. The lowest BCUT2D eigenvalue weighted by Crippen LogP contribution is -2.50. The van der Waals surface area contributed by atoms with Crippen molar-refractivity contribution >= 4 is 5.91 Å². The van der Waals surface area contributed by atoms with E-state index in [4.69, 9.17) is 4.74 Å². The van der Waals surface area contributed by atoms with Crippen LogP contribution in [0.2, 0.25) is 0 Å². The van der Waals surface area contributed by atoms with Crippen LogP contribution in [-0.2, 0) is 4.79 Å². The SMILES string of the molecule is Cc1ccc(C)c(OCC(O)CNC2CCCNC2=O)c1. The second kappa shape index (κ2) is 7.43. The van der Waals surface area contributed by atoms with E-state index in [1.165, 1.54) is 0 Å². The molecule has 1 heterocycles. The van der Waals surface area contributed by atoms with Crippen molar-refractivity contribution in [2.75, 3.05) is 19.7 Å². The second-order valence-corrected chi connectivity index (χ2v) is 5.63. The Morgan fingerprint density at radius 2 is 2.29 bits per heavy atom. The summed E-state index contributed by atoms with van der Waals surface area (Å²) >= 11 is 0. The Hall–Kier alpha value is -1.59. The Kier molecular flexibility index (Phi) is 5.59. The normalized spacial score (nSPS) is 20.0. The zero-order valence-corrected chi connectivity index (χ0v) is 12.7. The van der Waals surface area contributed by atoms with Gasteiger partial charge in [-0.15, -0.1) is 0 Å². The number of aliphatic hydroxyl groups excluding tert-OH is 1. The maximum Gasteiger partial charge on any atom is 0.237 e. The van der Waals surface area contributed by atoms with Crippen LogP contribution < -0.4 is 15.4 Å². The van der Waals surface area contributed by atoms with Crippen LogP contribution in [0.4, 0.5) is 0 Å². The van der Waals surface area contributed by atoms with Crippen molar-refractivity contribution < 1.29 is 14.6 Å². The Morgan fingerprint density at radius 3 is 3.05 bits per heavy atom. The molecule has 2 unspecified atom stereocenters. The van der Waals surface area contributed by atoms with Crippen LogP contribution in [0.15, 0.2) is 18.2 Å². The van der Waals surface area contributed by atoms with E-state index in [9.17, 15) is 9.90 Å². The zero-order chi connectivity index (χ0) is 15.2. The lowest BCUT2D eigenvalue weighted by molar-refractivity contribution is -0.124. The van der Waals surface area contributed by atoms with Gasteiger partial charge in [-0.3, -0.25) is 4.79 Å². The van der Waals surface area contributed by atoms with Gasteiger partial charge in [0.05, 0.1) is 6.04 Å². The Bertz CT molecular complexity index is 490. The summed E-state index contributed by atoms with van der Waals surface area (Å²) in [6.07, 6.45) is 1.15. The molecule has 0 spiro atoms. The van der Waals surface area contributed by atoms with Gasteiger partial charge in [0, 0.05) is 13.1 Å². The van der Waals surface area contributed by atoms with Gasteiger partial charge >= 0.3 is 0 Å². The largest absolute Gasteiger partial charge is 0.491 e. The van der Waals surface area contributed by atoms with E-state index in [-0.39, 0.29) is 18.6 Å². The average molecular weight is 292 g/mol. The first-order valence-electron chi connectivity index (χ1n) is 7.45. The topological polar surface area (TPSA) is 70.6 Å². The molecule has 2 rings (SSSR count). The molecule has 5 heteroatoms. The number of rotatable bonds is 6. The highest BCUT2D eigenvalue weighted by Gasteiger charge is 2.22. The van der Waals surface area contributed by atoms with Crippen molar-refractivity contribution in [1.29, 1.82) is 0 Å². The van der Waals surface area contributed by atoms with Crippen LogP contribution in [0.25, 0.3) is 0 Å². The number of carbonyl (C=O) groups excluding carboxylic acids is 1. The highest BCUT2D eigenvalue weighted by atomic mass is 16.5.